The second-order valence-electron chi connectivity index (χ2n) is 10.5. The quantitative estimate of drug-likeness (QED) is 0.205. The highest BCUT2D eigenvalue weighted by Gasteiger charge is 2.20. The Morgan fingerprint density at radius 1 is 0.488 bits per heavy atom. The molecule has 0 saturated heterocycles. The van der Waals surface area contributed by atoms with Crippen LogP contribution in [-0.4, -0.2) is 9.13 Å². The van der Waals surface area contributed by atoms with Crippen LogP contribution in [0.25, 0.3) is 71.0 Å². The summed E-state index contributed by atoms with van der Waals surface area (Å²) in [6.07, 6.45) is 0. The van der Waals surface area contributed by atoms with Crippen LogP contribution < -0.4 is 0 Å². The number of para-hydroxylation sites is 4. The number of nitrogens with zero attached hydrogens (tertiary/aromatic N) is 3. The predicted octanol–water partition coefficient (Wildman–Crippen LogP) is 10.4. The molecule has 2 aromatic heterocycles. The molecule has 41 heavy (non-hydrogen) atoms. The van der Waals surface area contributed by atoms with Crippen molar-refractivity contribution in [3.8, 4) is 22.5 Å². The van der Waals surface area contributed by atoms with E-state index < -0.39 is 0 Å². The van der Waals surface area contributed by atoms with Gasteiger partial charge in [0.2, 0.25) is 0 Å². The van der Waals surface area contributed by atoms with Crippen LogP contribution in [-0.2, 0) is 0 Å². The van der Waals surface area contributed by atoms with Crippen LogP contribution in [0.4, 0.5) is 5.69 Å². The Morgan fingerprint density at radius 3 is 1.63 bits per heavy atom. The first kappa shape index (κ1) is 23.3. The van der Waals surface area contributed by atoms with Gasteiger partial charge in [-0.25, -0.2) is 4.85 Å². The number of rotatable bonds is 3. The van der Waals surface area contributed by atoms with Crippen LogP contribution in [0.3, 0.4) is 0 Å². The molecule has 0 aliphatic carbocycles. The highest BCUT2D eigenvalue weighted by Crippen LogP contribution is 2.43. The smallest absolute Gasteiger partial charge is 0.196 e. The molecule has 6 aromatic carbocycles. The van der Waals surface area contributed by atoms with Gasteiger partial charge in [0.15, 0.2) is 5.69 Å². The van der Waals surface area contributed by atoms with Crippen molar-refractivity contribution in [3.05, 3.63) is 150 Å². The maximum absolute atomic E-state index is 8.13. The highest BCUT2D eigenvalue weighted by atomic mass is 15.0. The van der Waals surface area contributed by atoms with E-state index in [0.717, 1.165) is 33.4 Å². The first-order chi connectivity index (χ1) is 20.2. The summed E-state index contributed by atoms with van der Waals surface area (Å²) in [5, 5.41) is 4.79. The van der Waals surface area contributed by atoms with E-state index in [4.69, 9.17) is 6.57 Å². The second kappa shape index (κ2) is 8.98. The van der Waals surface area contributed by atoms with Gasteiger partial charge in [0.25, 0.3) is 0 Å². The zero-order valence-electron chi connectivity index (χ0n) is 22.5. The van der Waals surface area contributed by atoms with Gasteiger partial charge in [0.1, 0.15) is 0 Å². The zero-order chi connectivity index (χ0) is 27.5. The molecule has 3 heteroatoms. The Kier molecular flexibility index (Phi) is 5.10. The zero-order valence-corrected chi connectivity index (χ0v) is 22.5. The van der Waals surface area contributed by atoms with E-state index in [1.807, 2.05) is 12.1 Å². The molecule has 192 valence electrons. The van der Waals surface area contributed by atoms with Crippen molar-refractivity contribution in [1.29, 1.82) is 0 Å². The predicted molar refractivity (Wildman–Crippen MR) is 172 cm³/mol. The summed E-state index contributed by atoms with van der Waals surface area (Å²) >= 11 is 0. The molecule has 0 fully saturated rings. The van der Waals surface area contributed by atoms with Gasteiger partial charge >= 0.3 is 0 Å². The normalized spacial score (nSPS) is 11.5. The lowest BCUT2D eigenvalue weighted by molar-refractivity contribution is 1.15. The minimum atomic E-state index is 0.645. The molecule has 0 unspecified atom stereocenters. The van der Waals surface area contributed by atoms with Crippen LogP contribution in [0.15, 0.2) is 133 Å². The van der Waals surface area contributed by atoms with Gasteiger partial charge in [0.05, 0.1) is 28.6 Å². The Bertz CT molecular complexity index is 2290. The maximum Gasteiger partial charge on any atom is 0.196 e. The molecule has 0 aliphatic heterocycles. The standard InChI is InChI=1S/C38H25N3/c1-25-12-3-7-17-32(25)40-35-20-10-6-15-29(35)30-24-26(22-23-36(30)40)38-31(39-2)16-11-21-37(38)41-33-18-8-4-13-27(33)28-14-5-9-19-34(28)41/h3-24H,1H3. The molecule has 3 nitrogen and oxygen atoms in total. The van der Waals surface area contributed by atoms with Crippen molar-refractivity contribution < 1.29 is 0 Å². The summed E-state index contributed by atoms with van der Waals surface area (Å²) in [5.41, 5.74) is 10.6. The lowest BCUT2D eigenvalue weighted by atomic mass is 9.99. The first-order valence-corrected chi connectivity index (χ1v) is 13.8. The van der Waals surface area contributed by atoms with Crippen LogP contribution >= 0.6 is 0 Å². The second-order valence-corrected chi connectivity index (χ2v) is 10.5. The Morgan fingerprint density at radius 2 is 1.00 bits per heavy atom. The van der Waals surface area contributed by atoms with Gasteiger partial charge in [-0.05, 0) is 60.5 Å². The van der Waals surface area contributed by atoms with Crippen molar-refractivity contribution in [2.75, 3.05) is 0 Å². The summed E-state index contributed by atoms with van der Waals surface area (Å²) in [7, 11) is 0. The van der Waals surface area contributed by atoms with Crippen LogP contribution in [0.5, 0.6) is 0 Å². The molecule has 0 aliphatic rings. The summed E-state index contributed by atoms with van der Waals surface area (Å²) in [5.74, 6) is 0. The van der Waals surface area contributed by atoms with Gasteiger partial charge in [-0.1, -0.05) is 91.0 Å². The lowest BCUT2D eigenvalue weighted by Crippen LogP contribution is -1.98. The number of fused-ring (bicyclic) bond motifs is 6. The SMILES string of the molecule is [C-]#[N+]c1cccc(-n2c3ccccc3c3ccccc32)c1-c1ccc2c(c1)c1ccccc1n2-c1ccccc1C. The van der Waals surface area contributed by atoms with Crippen molar-refractivity contribution in [2.24, 2.45) is 0 Å². The van der Waals surface area contributed by atoms with Crippen LogP contribution in [0.2, 0.25) is 0 Å². The lowest BCUT2D eigenvalue weighted by Gasteiger charge is -2.16. The van der Waals surface area contributed by atoms with Crippen molar-refractivity contribution in [2.45, 2.75) is 6.92 Å². The molecular weight excluding hydrogens is 498 g/mol. The average molecular weight is 524 g/mol. The highest BCUT2D eigenvalue weighted by molar-refractivity contribution is 6.12. The fourth-order valence-electron chi connectivity index (χ4n) is 6.49. The third-order valence-corrected chi connectivity index (χ3v) is 8.28. The molecule has 0 bridgehead atoms. The molecular formula is C38H25N3. The van der Waals surface area contributed by atoms with Crippen molar-refractivity contribution >= 4 is 49.3 Å². The molecule has 8 aromatic rings. The molecule has 0 radical (unpaired) electrons. The number of hydrogen-bond acceptors (Lipinski definition) is 0. The summed E-state index contributed by atoms with van der Waals surface area (Å²) in [4.78, 5) is 4.02. The van der Waals surface area contributed by atoms with Gasteiger partial charge < -0.3 is 9.13 Å². The third kappa shape index (κ3) is 3.38. The summed E-state index contributed by atoms with van der Waals surface area (Å²) < 4.78 is 4.67. The fourth-order valence-corrected chi connectivity index (χ4v) is 6.49. The number of aryl methyl sites for hydroxylation is 1. The molecule has 0 atom stereocenters. The van der Waals surface area contributed by atoms with Gasteiger partial charge in [0, 0.05) is 38.5 Å². The van der Waals surface area contributed by atoms with E-state index in [2.05, 4.69) is 142 Å². The minimum Gasteiger partial charge on any atom is -0.310 e. The molecule has 0 amide bonds. The number of benzene rings is 6. The van der Waals surface area contributed by atoms with E-state index in [9.17, 15) is 0 Å². The van der Waals surface area contributed by atoms with Crippen LogP contribution in [0.1, 0.15) is 5.56 Å². The Balaban J connectivity index is 1.46. The van der Waals surface area contributed by atoms with E-state index in [0.29, 0.717) is 5.69 Å². The fraction of sp³-hybridized carbons (Fsp3) is 0.0263. The molecule has 2 heterocycles. The molecule has 8 rings (SSSR count). The van der Waals surface area contributed by atoms with Gasteiger partial charge in [-0.2, -0.15) is 0 Å². The Hall–Kier alpha value is -5.59. The molecule has 0 saturated carbocycles. The first-order valence-electron chi connectivity index (χ1n) is 13.8. The summed E-state index contributed by atoms with van der Waals surface area (Å²) in [6, 6.07) is 46.9. The van der Waals surface area contributed by atoms with Gasteiger partial charge in [-0.3, -0.25) is 0 Å². The van der Waals surface area contributed by atoms with E-state index in [1.165, 1.54) is 38.3 Å². The largest absolute Gasteiger partial charge is 0.310 e. The number of aromatic nitrogens is 2. The van der Waals surface area contributed by atoms with Gasteiger partial charge in [-0.15, -0.1) is 0 Å². The van der Waals surface area contributed by atoms with Crippen molar-refractivity contribution in [1.82, 2.24) is 9.13 Å². The van der Waals surface area contributed by atoms with E-state index in [1.54, 1.807) is 0 Å². The van der Waals surface area contributed by atoms with E-state index in [-0.39, 0.29) is 0 Å². The molecule has 0 N–H and O–H groups in total. The monoisotopic (exact) mass is 523 g/mol. The number of hydrogen-bond donors (Lipinski definition) is 0. The summed E-state index contributed by atoms with van der Waals surface area (Å²) in [6.45, 7) is 10.3. The average Bonchev–Trinajstić information content (AvgIpc) is 3.53. The Labute approximate surface area is 238 Å². The topological polar surface area (TPSA) is 14.2 Å². The van der Waals surface area contributed by atoms with E-state index >= 15 is 0 Å². The third-order valence-electron chi connectivity index (χ3n) is 8.28. The minimum absolute atomic E-state index is 0.645. The maximum atomic E-state index is 8.13. The van der Waals surface area contributed by atoms with Crippen LogP contribution in [0, 0.1) is 13.5 Å². The van der Waals surface area contributed by atoms with Crippen molar-refractivity contribution in [3.63, 3.8) is 0 Å². The molecule has 0 spiro atoms.